The molecule has 2 saturated carbocycles. The van der Waals surface area contributed by atoms with Crippen molar-refractivity contribution in [1.82, 2.24) is 12.7 Å². The Kier molecular flexibility index (Phi) is 13.4. The first kappa shape index (κ1) is 35.1. The Morgan fingerprint density at radius 1 is 1.00 bits per heavy atom. The summed E-state index contributed by atoms with van der Waals surface area (Å²) in [4.78, 5) is 37.0. The molecule has 0 radical (unpaired) electrons. The number of nitrogens with zero attached hydrogens (tertiary/aromatic N) is 4. The van der Waals surface area contributed by atoms with Gasteiger partial charge in [0.05, 0.1) is 0 Å². The van der Waals surface area contributed by atoms with Crippen LogP contribution in [0, 0.1) is 15.7 Å². The first-order valence-corrected chi connectivity index (χ1v) is 27.7. The molecule has 0 bridgehead atoms. The van der Waals surface area contributed by atoms with E-state index in [0.717, 1.165) is 35.0 Å². The molecule has 5 rings (SSSR count). The van der Waals surface area contributed by atoms with E-state index >= 15 is 0 Å². The second kappa shape index (κ2) is 16.7. The number of rotatable bonds is 8. The van der Waals surface area contributed by atoms with Crippen molar-refractivity contribution in [3.8, 4) is 0 Å². The molecule has 1 aromatic carbocycles. The molecule has 1 saturated heterocycles. The van der Waals surface area contributed by atoms with Gasteiger partial charge in [-0.2, -0.15) is 0 Å². The van der Waals surface area contributed by atoms with Crippen molar-refractivity contribution in [1.29, 1.82) is 0 Å². The maximum atomic E-state index is 14.4. The van der Waals surface area contributed by atoms with E-state index in [2.05, 4.69) is 46.2 Å². The summed E-state index contributed by atoms with van der Waals surface area (Å²) >= 11 is 0.558. The van der Waals surface area contributed by atoms with Crippen molar-refractivity contribution in [3.63, 3.8) is 0 Å². The van der Waals surface area contributed by atoms with Crippen molar-refractivity contribution in [2.75, 3.05) is 38.2 Å². The minimum atomic E-state index is -1.76. The molecular weight excluding hydrogens is 893 g/mol. The van der Waals surface area contributed by atoms with E-state index in [4.69, 9.17) is 9.72 Å². The molecule has 4 unspecified atom stereocenters. The van der Waals surface area contributed by atoms with Crippen LogP contribution in [-0.2, 0) is 9.53 Å². The van der Waals surface area contributed by atoms with Crippen molar-refractivity contribution in [2.24, 2.45) is 11.8 Å². The summed E-state index contributed by atoms with van der Waals surface area (Å²) < 4.78 is 10.2. The Bertz CT molecular complexity index is 1320. The zero-order valence-corrected chi connectivity index (χ0v) is 33.6. The summed E-state index contributed by atoms with van der Waals surface area (Å²) in [6.07, 6.45) is 15.8. The molecule has 2 aromatic rings. The van der Waals surface area contributed by atoms with Gasteiger partial charge in [0.2, 0.25) is 0 Å². The van der Waals surface area contributed by atoms with Gasteiger partial charge in [-0.05, 0) is 0 Å². The molecule has 1 aromatic heterocycles. The van der Waals surface area contributed by atoms with Crippen LogP contribution in [0.4, 0.5) is 5.69 Å². The fraction of sp³-hybridized carbons (Fsp3) is 0.735. The number of benzene rings is 1. The standard InChI is InChI=1S/C34H52I3N4O3/c1-24-11-7-5-9-13-27(19-24)36-41-33(43)30-16-15-29(39-17-18-40(32(42)23-39)22-26(3)44-4)21-31(30)38-34(41)37(35)28-14-10-6-8-12-25(2)20-28/h15-16,21,24-28H,5-14,17-20,22-23H2,1-4H3/q-1/t24?,25?,26-,27?,28?/m0/s1. The number of aromatic nitrogens is 2. The minimum absolute atomic E-state index is 0.0242. The van der Waals surface area contributed by atoms with Crippen LogP contribution in [0.15, 0.2) is 23.0 Å². The van der Waals surface area contributed by atoms with E-state index in [1.807, 2.05) is 24.0 Å². The van der Waals surface area contributed by atoms with Gasteiger partial charge in [0, 0.05) is 7.11 Å². The summed E-state index contributed by atoms with van der Waals surface area (Å²) in [7, 11) is 1.69. The Balaban J connectivity index is 1.48. The van der Waals surface area contributed by atoms with Crippen LogP contribution >= 0.6 is 34.5 Å². The number of carbonyl (C=O) groups is 1. The molecule has 248 valence electrons. The van der Waals surface area contributed by atoms with E-state index in [-0.39, 0.29) is 17.6 Å². The van der Waals surface area contributed by atoms with Gasteiger partial charge >= 0.3 is 288 Å². The van der Waals surface area contributed by atoms with Crippen LogP contribution in [-0.4, -0.2) is 65.8 Å². The number of alkyl halides is 2. The Morgan fingerprint density at radius 2 is 1.70 bits per heavy atom. The number of hydrogen-bond acceptors (Lipinski definition) is 5. The van der Waals surface area contributed by atoms with Crippen molar-refractivity contribution >= 4 is 57.0 Å². The van der Waals surface area contributed by atoms with Crippen molar-refractivity contribution in [2.45, 2.75) is 112 Å². The topological polar surface area (TPSA) is 67.7 Å². The first-order valence-electron chi connectivity index (χ1n) is 16.8. The molecule has 0 spiro atoms. The van der Waals surface area contributed by atoms with E-state index in [9.17, 15) is 9.59 Å². The van der Waals surface area contributed by atoms with Crippen LogP contribution in [0.2, 0.25) is 0 Å². The Labute approximate surface area is 292 Å². The Hall–Kier alpha value is -0.220. The molecule has 44 heavy (non-hydrogen) atoms. The normalized spacial score (nSPS) is 27.0. The van der Waals surface area contributed by atoms with E-state index < -0.39 is 37.3 Å². The van der Waals surface area contributed by atoms with E-state index in [0.29, 0.717) is 27.5 Å². The van der Waals surface area contributed by atoms with Crippen molar-refractivity contribution in [3.05, 3.63) is 32.4 Å². The monoisotopic (exact) mass is 945 g/mol. The van der Waals surface area contributed by atoms with E-state index in [1.54, 1.807) is 7.11 Å². The number of methoxy groups -OCH3 is 1. The molecular formula is C34H52I3N4O3-. The van der Waals surface area contributed by atoms with Gasteiger partial charge in [0.15, 0.2) is 0 Å². The zero-order chi connectivity index (χ0) is 31.2. The maximum absolute atomic E-state index is 14.4. The summed E-state index contributed by atoms with van der Waals surface area (Å²) in [6.45, 7) is 9.28. The van der Waals surface area contributed by atoms with Crippen LogP contribution in [0.1, 0.15) is 97.8 Å². The summed E-state index contributed by atoms with van der Waals surface area (Å²) in [5.41, 5.74) is 2.03. The Morgan fingerprint density at radius 3 is 2.43 bits per heavy atom. The molecule has 7 nitrogen and oxygen atoms in total. The third-order valence-electron chi connectivity index (χ3n) is 9.74. The summed E-state index contributed by atoms with van der Waals surface area (Å²) in [6, 6.07) is 6.14. The van der Waals surface area contributed by atoms with Gasteiger partial charge < -0.3 is 0 Å². The number of hydrogen-bond donors (Lipinski definition) is 0. The SMILES string of the molecule is CO[C@@H](C)CN1CCN(c2ccc3c(=O)n([I-]C4CCCCCC(C)C4)c(I(I)C4CCCCCC(C)C4)nc3c2)CC1=O. The molecule has 5 atom stereocenters. The molecule has 10 heteroatoms. The fourth-order valence-electron chi connectivity index (χ4n) is 6.98. The summed E-state index contributed by atoms with van der Waals surface area (Å²) in [5, 5.41) is 0.752. The molecule has 0 N–H and O–H groups in total. The van der Waals surface area contributed by atoms with Crippen LogP contribution in [0.3, 0.4) is 0 Å². The number of fused-ring (bicyclic) bond motifs is 1. The van der Waals surface area contributed by atoms with Crippen molar-refractivity contribution < 1.29 is 31.0 Å². The van der Waals surface area contributed by atoms with Crippen LogP contribution < -0.4 is 31.9 Å². The predicted octanol–water partition coefficient (Wildman–Crippen LogP) is 4.68. The van der Waals surface area contributed by atoms with E-state index in [1.165, 1.54) is 80.9 Å². The average Bonchev–Trinajstić information content (AvgIpc) is 2.99. The quantitative estimate of drug-likeness (QED) is 0.219. The number of anilines is 1. The number of ether oxygens (including phenoxy) is 1. The number of carbonyl (C=O) groups excluding carboxylic acids is 1. The number of amides is 1. The van der Waals surface area contributed by atoms with Gasteiger partial charge in [-0.3, -0.25) is 0 Å². The third kappa shape index (κ3) is 9.02. The zero-order valence-electron chi connectivity index (χ0n) is 27.1. The van der Waals surface area contributed by atoms with Crippen LogP contribution in [0.5, 0.6) is 0 Å². The van der Waals surface area contributed by atoms with Gasteiger partial charge in [0.1, 0.15) is 0 Å². The number of piperazine rings is 1. The first-order chi connectivity index (χ1) is 21.2. The summed E-state index contributed by atoms with van der Waals surface area (Å²) in [5.74, 6) is 1.63. The van der Waals surface area contributed by atoms with Gasteiger partial charge in [-0.15, -0.1) is 0 Å². The third-order valence-corrected chi connectivity index (χ3v) is 25.3. The van der Waals surface area contributed by atoms with Gasteiger partial charge in [-0.25, -0.2) is 0 Å². The molecule has 3 fully saturated rings. The average molecular weight is 946 g/mol. The van der Waals surface area contributed by atoms with Gasteiger partial charge in [0.25, 0.3) is 0 Å². The van der Waals surface area contributed by atoms with Crippen LogP contribution in [0.25, 0.3) is 10.9 Å². The number of halogens is 3. The predicted molar refractivity (Wildman–Crippen MR) is 195 cm³/mol. The molecule has 3 aliphatic rings. The fourth-order valence-corrected chi connectivity index (χ4v) is 23.7. The second-order valence-corrected chi connectivity index (χ2v) is 26.9. The molecule has 1 aliphatic heterocycles. The second-order valence-electron chi connectivity index (χ2n) is 13.5. The van der Waals surface area contributed by atoms with Gasteiger partial charge in [-0.1, -0.05) is 0 Å². The molecule has 1 amide bonds. The molecule has 2 heterocycles. The molecule has 2 aliphatic carbocycles.